The lowest BCUT2D eigenvalue weighted by molar-refractivity contribution is -0.385. The summed E-state index contributed by atoms with van der Waals surface area (Å²) >= 11 is 6.44. The quantitative estimate of drug-likeness (QED) is 0.422. The molecule has 0 fully saturated rings. The maximum atomic E-state index is 10.8. The minimum atomic E-state index is -0.499. The van der Waals surface area contributed by atoms with Gasteiger partial charge in [0, 0.05) is 11.6 Å². The van der Waals surface area contributed by atoms with Crippen LogP contribution >= 0.6 is 31.9 Å². The van der Waals surface area contributed by atoms with Crippen LogP contribution in [0.25, 0.3) is 0 Å². The number of aldehydes is 1. The van der Waals surface area contributed by atoms with Crippen LogP contribution in [0, 0.1) is 10.1 Å². The summed E-state index contributed by atoms with van der Waals surface area (Å²) < 4.78 is 6.46. The molecular weight excluding hydrogens is 394 g/mol. The number of nitrogens with zero attached hydrogens (tertiary/aromatic N) is 1. The molecule has 0 saturated heterocycles. The normalized spacial score (nSPS) is 10.1. The lowest BCUT2D eigenvalue weighted by atomic mass is 10.2. The molecule has 0 amide bonds. The first-order valence-corrected chi connectivity index (χ1v) is 6.97. The van der Waals surface area contributed by atoms with E-state index in [0.717, 1.165) is 6.29 Å². The third-order valence-electron chi connectivity index (χ3n) is 2.45. The van der Waals surface area contributed by atoms with Crippen molar-refractivity contribution in [3.63, 3.8) is 0 Å². The van der Waals surface area contributed by atoms with E-state index in [1.165, 1.54) is 12.1 Å². The minimum Gasteiger partial charge on any atom is -0.455 e. The summed E-state index contributed by atoms with van der Waals surface area (Å²) in [6.07, 6.45) is 0.720. The molecule has 7 heteroatoms. The zero-order valence-electron chi connectivity index (χ0n) is 9.88. The average molecular weight is 401 g/mol. The fraction of sp³-hybridized carbons (Fsp3) is 0. The Morgan fingerprint density at radius 1 is 1.15 bits per heavy atom. The van der Waals surface area contributed by atoms with Crippen molar-refractivity contribution < 1.29 is 14.5 Å². The molecule has 2 rings (SSSR count). The highest BCUT2D eigenvalue weighted by atomic mass is 79.9. The van der Waals surface area contributed by atoms with Crippen LogP contribution in [0.2, 0.25) is 0 Å². The topological polar surface area (TPSA) is 69.4 Å². The number of ether oxygens (including phenoxy) is 1. The number of hydrogen-bond acceptors (Lipinski definition) is 4. The van der Waals surface area contributed by atoms with Crippen LogP contribution in [-0.4, -0.2) is 11.2 Å². The first-order chi connectivity index (χ1) is 9.52. The van der Waals surface area contributed by atoms with Gasteiger partial charge in [0.15, 0.2) is 0 Å². The maximum Gasteiger partial charge on any atom is 0.287 e. The Hall–Kier alpha value is -1.73. The molecule has 0 bridgehead atoms. The SMILES string of the molecule is O=Cc1ccc(Oc2cccc([N+](=O)[O-])c2Br)c(Br)c1. The Balaban J connectivity index is 2.38. The Morgan fingerprint density at radius 3 is 2.50 bits per heavy atom. The van der Waals surface area contributed by atoms with E-state index in [-0.39, 0.29) is 10.2 Å². The third kappa shape index (κ3) is 3.05. The van der Waals surface area contributed by atoms with E-state index in [0.29, 0.717) is 21.5 Å². The van der Waals surface area contributed by atoms with E-state index in [9.17, 15) is 14.9 Å². The number of carbonyl (C=O) groups excluding carboxylic acids is 1. The second kappa shape index (κ2) is 6.15. The van der Waals surface area contributed by atoms with Gasteiger partial charge in [0.2, 0.25) is 0 Å². The van der Waals surface area contributed by atoms with Crippen molar-refractivity contribution >= 4 is 43.8 Å². The van der Waals surface area contributed by atoms with E-state index in [2.05, 4.69) is 31.9 Å². The van der Waals surface area contributed by atoms with E-state index >= 15 is 0 Å². The van der Waals surface area contributed by atoms with E-state index in [1.807, 2.05) is 0 Å². The maximum absolute atomic E-state index is 10.8. The molecule has 0 aliphatic carbocycles. The third-order valence-corrected chi connectivity index (χ3v) is 3.87. The molecule has 0 atom stereocenters. The van der Waals surface area contributed by atoms with Gasteiger partial charge in [0.25, 0.3) is 5.69 Å². The van der Waals surface area contributed by atoms with E-state index < -0.39 is 4.92 Å². The van der Waals surface area contributed by atoms with Gasteiger partial charge < -0.3 is 4.74 Å². The zero-order valence-corrected chi connectivity index (χ0v) is 13.0. The van der Waals surface area contributed by atoms with Gasteiger partial charge in [0.05, 0.1) is 9.40 Å². The summed E-state index contributed by atoms with van der Waals surface area (Å²) in [5.41, 5.74) is 0.422. The first kappa shape index (κ1) is 14.7. The van der Waals surface area contributed by atoms with Gasteiger partial charge in [-0.15, -0.1) is 0 Å². The van der Waals surface area contributed by atoms with Crippen molar-refractivity contribution in [2.75, 3.05) is 0 Å². The molecule has 0 unspecified atom stereocenters. The fourth-order valence-electron chi connectivity index (χ4n) is 1.51. The number of halogens is 2. The average Bonchev–Trinajstić information content (AvgIpc) is 2.42. The molecule has 0 saturated carbocycles. The minimum absolute atomic E-state index is 0.0804. The van der Waals surface area contributed by atoms with Crippen molar-refractivity contribution in [3.8, 4) is 11.5 Å². The summed E-state index contributed by atoms with van der Waals surface area (Å²) in [6.45, 7) is 0. The highest BCUT2D eigenvalue weighted by Crippen LogP contribution is 2.38. The van der Waals surface area contributed by atoms with Crippen LogP contribution in [0.4, 0.5) is 5.69 Å². The number of nitro benzene ring substituents is 1. The number of nitro groups is 1. The zero-order chi connectivity index (χ0) is 14.7. The van der Waals surface area contributed by atoms with Crippen molar-refractivity contribution in [2.24, 2.45) is 0 Å². The summed E-state index contributed by atoms with van der Waals surface area (Å²) in [4.78, 5) is 21.0. The number of benzene rings is 2. The molecule has 0 radical (unpaired) electrons. The Morgan fingerprint density at radius 2 is 1.90 bits per heavy atom. The molecule has 20 heavy (non-hydrogen) atoms. The molecule has 0 N–H and O–H groups in total. The predicted molar refractivity (Wildman–Crippen MR) is 80.4 cm³/mol. The Labute approximate surface area is 131 Å². The van der Waals surface area contributed by atoms with E-state index in [4.69, 9.17) is 4.74 Å². The molecular formula is C13H7Br2NO4. The first-order valence-electron chi connectivity index (χ1n) is 5.38. The number of rotatable bonds is 4. The lowest BCUT2D eigenvalue weighted by Gasteiger charge is -2.09. The monoisotopic (exact) mass is 399 g/mol. The van der Waals surface area contributed by atoms with Gasteiger partial charge in [-0.3, -0.25) is 14.9 Å². The summed E-state index contributed by atoms with van der Waals surface area (Å²) in [5, 5.41) is 10.8. The van der Waals surface area contributed by atoms with Gasteiger partial charge in [-0.1, -0.05) is 6.07 Å². The van der Waals surface area contributed by atoms with Crippen molar-refractivity contribution in [2.45, 2.75) is 0 Å². The van der Waals surface area contributed by atoms with Crippen LogP contribution in [-0.2, 0) is 0 Å². The fourth-order valence-corrected chi connectivity index (χ4v) is 2.48. The largest absolute Gasteiger partial charge is 0.455 e. The molecule has 102 valence electrons. The summed E-state index contributed by atoms with van der Waals surface area (Å²) in [5.74, 6) is 0.774. The summed E-state index contributed by atoms with van der Waals surface area (Å²) in [7, 11) is 0. The molecule has 0 spiro atoms. The van der Waals surface area contributed by atoms with Crippen molar-refractivity contribution in [3.05, 3.63) is 61.0 Å². The molecule has 0 aromatic heterocycles. The van der Waals surface area contributed by atoms with Gasteiger partial charge in [-0.05, 0) is 56.1 Å². The highest BCUT2D eigenvalue weighted by molar-refractivity contribution is 9.11. The second-order valence-electron chi connectivity index (χ2n) is 3.76. The van der Waals surface area contributed by atoms with Gasteiger partial charge in [0.1, 0.15) is 22.3 Å². The lowest BCUT2D eigenvalue weighted by Crippen LogP contribution is -1.93. The molecule has 0 heterocycles. The van der Waals surface area contributed by atoms with Crippen molar-refractivity contribution in [1.82, 2.24) is 0 Å². The molecule has 2 aromatic rings. The van der Waals surface area contributed by atoms with Crippen LogP contribution < -0.4 is 4.74 Å². The van der Waals surface area contributed by atoms with E-state index in [1.54, 1.807) is 24.3 Å². The Kier molecular flexibility index (Phi) is 4.51. The second-order valence-corrected chi connectivity index (χ2v) is 5.40. The molecule has 0 aliphatic rings. The molecule has 0 aliphatic heterocycles. The number of hydrogen-bond donors (Lipinski definition) is 0. The molecule has 2 aromatic carbocycles. The molecule has 5 nitrogen and oxygen atoms in total. The van der Waals surface area contributed by atoms with Crippen LogP contribution in [0.3, 0.4) is 0 Å². The van der Waals surface area contributed by atoms with Gasteiger partial charge >= 0.3 is 0 Å². The Bertz CT molecular complexity index is 688. The van der Waals surface area contributed by atoms with Gasteiger partial charge in [-0.2, -0.15) is 0 Å². The van der Waals surface area contributed by atoms with Crippen LogP contribution in [0.15, 0.2) is 45.3 Å². The van der Waals surface area contributed by atoms with Crippen molar-refractivity contribution in [1.29, 1.82) is 0 Å². The smallest absolute Gasteiger partial charge is 0.287 e. The number of carbonyl (C=O) groups is 1. The highest BCUT2D eigenvalue weighted by Gasteiger charge is 2.17. The summed E-state index contributed by atoms with van der Waals surface area (Å²) in [6, 6.07) is 9.33. The van der Waals surface area contributed by atoms with Gasteiger partial charge in [-0.25, -0.2) is 0 Å². The standard InChI is InChI=1S/C13H7Br2NO4/c14-9-6-8(7-17)4-5-11(9)20-12-3-1-2-10(13(12)15)16(18)19/h1-7H. The van der Waals surface area contributed by atoms with Crippen LogP contribution in [0.5, 0.6) is 11.5 Å². The van der Waals surface area contributed by atoms with Crippen LogP contribution in [0.1, 0.15) is 10.4 Å². The predicted octanol–water partition coefficient (Wildman–Crippen LogP) is 4.72.